The molecule has 2 heterocycles. The number of thiophene rings is 1. The van der Waals surface area contributed by atoms with Crippen molar-refractivity contribution in [3.05, 3.63) is 43.5 Å². The first-order valence-electron chi connectivity index (χ1n) is 7.41. The molecule has 132 valence electrons. The minimum absolute atomic E-state index is 0.105. The quantitative estimate of drug-likeness (QED) is 0.742. The maximum absolute atomic E-state index is 11.9. The van der Waals surface area contributed by atoms with Gasteiger partial charge in [-0.15, -0.1) is 11.3 Å². The Kier molecular flexibility index (Phi) is 5.82. The number of amides is 2. The fourth-order valence-corrected chi connectivity index (χ4v) is 3.80. The van der Waals surface area contributed by atoms with Gasteiger partial charge in [0, 0.05) is 6.54 Å². The van der Waals surface area contributed by atoms with Crippen LogP contribution in [0.4, 0.5) is 0 Å². The third-order valence-corrected chi connectivity index (χ3v) is 5.26. The van der Waals surface area contributed by atoms with Gasteiger partial charge in [-0.3, -0.25) is 9.59 Å². The summed E-state index contributed by atoms with van der Waals surface area (Å²) >= 11 is 10.8. The average molecular weight is 446 g/mol. The molecule has 0 radical (unpaired) electrons. The van der Waals surface area contributed by atoms with Gasteiger partial charge in [0.2, 0.25) is 5.91 Å². The van der Waals surface area contributed by atoms with E-state index in [0.29, 0.717) is 34.6 Å². The lowest BCUT2D eigenvalue weighted by molar-refractivity contribution is -0.120. The second kappa shape index (κ2) is 8.07. The Balaban J connectivity index is 1.51. The van der Waals surface area contributed by atoms with Crippen LogP contribution in [0.25, 0.3) is 0 Å². The van der Waals surface area contributed by atoms with Gasteiger partial charge in [-0.05, 0) is 45.8 Å². The van der Waals surface area contributed by atoms with E-state index in [4.69, 9.17) is 21.1 Å². The molecule has 1 aromatic carbocycles. The molecule has 0 unspecified atom stereocenters. The van der Waals surface area contributed by atoms with E-state index >= 15 is 0 Å². The van der Waals surface area contributed by atoms with Crippen molar-refractivity contribution in [1.29, 1.82) is 0 Å². The first kappa shape index (κ1) is 18.0. The van der Waals surface area contributed by atoms with Crippen LogP contribution in [0.1, 0.15) is 15.2 Å². The van der Waals surface area contributed by atoms with Crippen LogP contribution < -0.4 is 20.1 Å². The smallest absolute Gasteiger partial charge is 0.261 e. The molecule has 0 atom stereocenters. The van der Waals surface area contributed by atoms with Crippen molar-refractivity contribution in [2.45, 2.75) is 6.54 Å². The van der Waals surface area contributed by atoms with Crippen molar-refractivity contribution in [3.63, 3.8) is 0 Å². The zero-order chi connectivity index (χ0) is 17.8. The topological polar surface area (TPSA) is 76.7 Å². The van der Waals surface area contributed by atoms with Gasteiger partial charge in [0.25, 0.3) is 5.91 Å². The first-order valence-corrected chi connectivity index (χ1v) is 9.40. The van der Waals surface area contributed by atoms with Crippen molar-refractivity contribution in [1.82, 2.24) is 10.6 Å². The number of carbonyl (C=O) groups is 2. The van der Waals surface area contributed by atoms with Crippen LogP contribution in [-0.4, -0.2) is 31.6 Å². The predicted molar refractivity (Wildman–Crippen MR) is 98.6 cm³/mol. The van der Waals surface area contributed by atoms with Gasteiger partial charge < -0.3 is 20.1 Å². The van der Waals surface area contributed by atoms with Gasteiger partial charge >= 0.3 is 0 Å². The number of ether oxygens (including phenoxy) is 2. The molecule has 0 saturated heterocycles. The summed E-state index contributed by atoms with van der Waals surface area (Å²) in [6.45, 7) is 1.09. The van der Waals surface area contributed by atoms with Crippen LogP contribution >= 0.6 is 38.9 Å². The Morgan fingerprint density at radius 2 is 2.00 bits per heavy atom. The Bertz CT molecular complexity index is 811. The summed E-state index contributed by atoms with van der Waals surface area (Å²) in [5, 5.41) is 5.75. The van der Waals surface area contributed by atoms with Crippen LogP contribution in [0.2, 0.25) is 5.02 Å². The molecule has 25 heavy (non-hydrogen) atoms. The van der Waals surface area contributed by atoms with Gasteiger partial charge in [-0.25, -0.2) is 0 Å². The summed E-state index contributed by atoms with van der Waals surface area (Å²) < 4.78 is 11.8. The molecule has 2 N–H and O–H groups in total. The normalized spacial score (nSPS) is 12.6. The summed E-state index contributed by atoms with van der Waals surface area (Å²) in [4.78, 5) is 24.3. The first-order chi connectivity index (χ1) is 12.0. The highest BCUT2D eigenvalue weighted by Crippen LogP contribution is 2.38. The minimum Gasteiger partial charge on any atom is -0.486 e. The van der Waals surface area contributed by atoms with Crippen molar-refractivity contribution >= 4 is 50.7 Å². The second-order valence-electron chi connectivity index (χ2n) is 5.16. The fourth-order valence-electron chi connectivity index (χ4n) is 2.21. The van der Waals surface area contributed by atoms with Gasteiger partial charge in [0.15, 0.2) is 11.5 Å². The molecular formula is C16H14BrClN2O4S. The molecule has 1 aliphatic heterocycles. The van der Waals surface area contributed by atoms with Crippen LogP contribution in [0.15, 0.2) is 28.1 Å². The van der Waals surface area contributed by atoms with Crippen LogP contribution in [0.3, 0.4) is 0 Å². The highest BCUT2D eigenvalue weighted by atomic mass is 79.9. The molecule has 2 aromatic rings. The van der Waals surface area contributed by atoms with Crippen molar-refractivity contribution in [3.8, 4) is 11.5 Å². The van der Waals surface area contributed by atoms with E-state index in [1.165, 1.54) is 11.3 Å². The molecule has 0 aliphatic carbocycles. The lowest BCUT2D eigenvalue weighted by Crippen LogP contribution is -2.36. The van der Waals surface area contributed by atoms with Crippen molar-refractivity contribution < 1.29 is 19.1 Å². The van der Waals surface area contributed by atoms with Crippen LogP contribution in [0.5, 0.6) is 11.5 Å². The number of carbonyl (C=O) groups excluding carboxylic acids is 2. The average Bonchev–Trinajstić information content (AvgIpc) is 3.04. The number of rotatable bonds is 5. The zero-order valence-corrected chi connectivity index (χ0v) is 16.1. The van der Waals surface area contributed by atoms with E-state index in [0.717, 1.165) is 9.35 Å². The van der Waals surface area contributed by atoms with Gasteiger partial charge in [-0.2, -0.15) is 0 Å². The Labute approximate surface area is 161 Å². The Morgan fingerprint density at radius 1 is 1.20 bits per heavy atom. The molecule has 2 amide bonds. The Morgan fingerprint density at radius 3 is 2.76 bits per heavy atom. The summed E-state index contributed by atoms with van der Waals surface area (Å²) in [7, 11) is 0. The molecule has 0 fully saturated rings. The summed E-state index contributed by atoms with van der Waals surface area (Å²) in [5.41, 5.74) is 0.788. The lowest BCUT2D eigenvalue weighted by atomic mass is 10.2. The van der Waals surface area contributed by atoms with Gasteiger partial charge in [0.1, 0.15) is 13.2 Å². The molecular weight excluding hydrogens is 432 g/mol. The molecule has 0 spiro atoms. The molecule has 0 bridgehead atoms. The number of benzene rings is 1. The van der Waals surface area contributed by atoms with E-state index in [2.05, 4.69) is 26.6 Å². The standard InChI is InChI=1S/C16H14BrClN2O4S/c17-13-2-1-12(25-13)16(22)20-8-14(21)19-7-9-5-10(18)15-11(6-9)23-3-4-24-15/h1-2,5-6H,3-4,7-8H2,(H,19,21)(H,20,22). The minimum atomic E-state index is -0.296. The van der Waals surface area contributed by atoms with E-state index in [1.807, 2.05) is 0 Å². The second-order valence-corrected chi connectivity index (χ2v) is 8.04. The zero-order valence-electron chi connectivity index (χ0n) is 12.9. The van der Waals surface area contributed by atoms with Crippen molar-refractivity contribution in [2.75, 3.05) is 19.8 Å². The summed E-state index contributed by atoms with van der Waals surface area (Å²) in [6, 6.07) is 6.98. The molecule has 0 saturated carbocycles. The molecule has 3 rings (SSSR count). The van der Waals surface area contributed by atoms with E-state index < -0.39 is 0 Å². The monoisotopic (exact) mass is 444 g/mol. The van der Waals surface area contributed by atoms with E-state index in [9.17, 15) is 9.59 Å². The number of fused-ring (bicyclic) bond motifs is 1. The molecule has 6 nitrogen and oxygen atoms in total. The molecule has 1 aliphatic rings. The summed E-state index contributed by atoms with van der Waals surface area (Å²) in [6.07, 6.45) is 0. The Hall–Kier alpha value is -1.77. The largest absolute Gasteiger partial charge is 0.486 e. The highest BCUT2D eigenvalue weighted by Gasteiger charge is 2.17. The highest BCUT2D eigenvalue weighted by molar-refractivity contribution is 9.11. The van der Waals surface area contributed by atoms with Crippen LogP contribution in [0, 0.1) is 0 Å². The predicted octanol–water partition coefficient (Wildman–Crippen LogP) is 2.98. The van der Waals surface area contributed by atoms with Crippen molar-refractivity contribution in [2.24, 2.45) is 0 Å². The van der Waals surface area contributed by atoms with Gasteiger partial charge in [-0.1, -0.05) is 11.6 Å². The van der Waals surface area contributed by atoms with Gasteiger partial charge in [0.05, 0.1) is 20.2 Å². The third-order valence-electron chi connectivity index (χ3n) is 3.35. The maximum Gasteiger partial charge on any atom is 0.261 e. The molecule has 1 aromatic heterocycles. The number of halogens is 2. The summed E-state index contributed by atoms with van der Waals surface area (Å²) in [5.74, 6) is 0.514. The van der Waals surface area contributed by atoms with E-state index in [-0.39, 0.29) is 24.9 Å². The van der Waals surface area contributed by atoms with Crippen LogP contribution in [-0.2, 0) is 11.3 Å². The number of hydrogen-bond donors (Lipinski definition) is 2. The lowest BCUT2D eigenvalue weighted by Gasteiger charge is -2.20. The third kappa shape index (κ3) is 4.65. The SMILES string of the molecule is O=C(CNC(=O)c1ccc(Br)s1)NCc1cc(Cl)c2c(c1)OCCO2. The number of nitrogens with one attached hydrogen (secondary N) is 2. The molecule has 9 heteroatoms. The fraction of sp³-hybridized carbons (Fsp3) is 0.250. The van der Waals surface area contributed by atoms with E-state index in [1.54, 1.807) is 24.3 Å². The number of hydrogen-bond acceptors (Lipinski definition) is 5. The maximum atomic E-state index is 11.9.